The predicted octanol–water partition coefficient (Wildman–Crippen LogP) is 2.99. The fourth-order valence-corrected chi connectivity index (χ4v) is 2.52. The molecule has 1 unspecified atom stereocenters. The molecule has 0 radical (unpaired) electrons. The number of ether oxygens (including phenoxy) is 3. The summed E-state index contributed by atoms with van der Waals surface area (Å²) in [6.07, 6.45) is 5.01. The van der Waals surface area contributed by atoms with E-state index in [-0.39, 0.29) is 26.7 Å². The lowest BCUT2D eigenvalue weighted by molar-refractivity contribution is 0.265. The minimum Gasteiger partial charge on any atom is -0.493 e. The summed E-state index contributed by atoms with van der Waals surface area (Å²) in [4.78, 5) is 12.9. The molecule has 8 heteroatoms. The van der Waals surface area contributed by atoms with Gasteiger partial charge in [0.1, 0.15) is 18.1 Å². The SMILES string of the molecule is C.CCCC(CO)Nc1nc(C)ncc1OCc1nccc(OC)c1OC. The van der Waals surface area contributed by atoms with Crippen LogP contribution in [0.2, 0.25) is 0 Å². The summed E-state index contributed by atoms with van der Waals surface area (Å²) in [6.45, 7) is 4.05. The zero-order valence-corrected chi connectivity index (χ0v) is 15.7. The molecule has 2 aromatic rings. The molecule has 2 N–H and O–H groups in total. The van der Waals surface area contributed by atoms with Gasteiger partial charge in [-0.1, -0.05) is 20.8 Å². The van der Waals surface area contributed by atoms with Gasteiger partial charge < -0.3 is 24.6 Å². The number of pyridine rings is 1. The number of aryl methyl sites for hydroxylation is 1. The van der Waals surface area contributed by atoms with Gasteiger partial charge in [0, 0.05) is 12.3 Å². The molecule has 0 saturated heterocycles. The van der Waals surface area contributed by atoms with Crippen LogP contribution in [0.15, 0.2) is 18.5 Å². The topological polar surface area (TPSA) is 98.6 Å². The van der Waals surface area contributed by atoms with Gasteiger partial charge in [0.15, 0.2) is 23.1 Å². The van der Waals surface area contributed by atoms with E-state index in [2.05, 4.69) is 27.2 Å². The summed E-state index contributed by atoms with van der Waals surface area (Å²) >= 11 is 0. The lowest BCUT2D eigenvalue weighted by Crippen LogP contribution is -2.24. The Morgan fingerprint density at radius 3 is 2.59 bits per heavy atom. The number of rotatable bonds is 10. The van der Waals surface area contributed by atoms with Crippen molar-refractivity contribution < 1.29 is 19.3 Å². The molecule has 2 rings (SSSR count). The number of nitrogens with one attached hydrogen (secondary N) is 1. The molecule has 27 heavy (non-hydrogen) atoms. The molecule has 0 aliphatic heterocycles. The van der Waals surface area contributed by atoms with Crippen LogP contribution in [-0.2, 0) is 6.61 Å². The largest absolute Gasteiger partial charge is 0.493 e. The van der Waals surface area contributed by atoms with Crippen molar-refractivity contribution in [2.45, 2.75) is 46.8 Å². The van der Waals surface area contributed by atoms with Crippen molar-refractivity contribution >= 4 is 5.82 Å². The molecule has 0 aliphatic rings. The molecule has 0 bridgehead atoms. The predicted molar refractivity (Wildman–Crippen MR) is 105 cm³/mol. The van der Waals surface area contributed by atoms with Gasteiger partial charge in [-0.05, 0) is 13.3 Å². The third-order valence-corrected chi connectivity index (χ3v) is 3.80. The highest BCUT2D eigenvalue weighted by Crippen LogP contribution is 2.30. The molecule has 8 nitrogen and oxygen atoms in total. The summed E-state index contributed by atoms with van der Waals surface area (Å²) in [5, 5.41) is 12.7. The maximum absolute atomic E-state index is 9.53. The van der Waals surface area contributed by atoms with Crippen LogP contribution in [0, 0.1) is 6.92 Å². The van der Waals surface area contributed by atoms with E-state index in [1.165, 1.54) is 0 Å². The second-order valence-electron chi connectivity index (χ2n) is 5.72. The number of hydrogen-bond acceptors (Lipinski definition) is 8. The summed E-state index contributed by atoms with van der Waals surface area (Å²) in [6, 6.07) is 1.63. The summed E-state index contributed by atoms with van der Waals surface area (Å²) < 4.78 is 16.5. The molecule has 0 aliphatic carbocycles. The number of aromatic nitrogens is 3. The van der Waals surface area contributed by atoms with Gasteiger partial charge in [-0.2, -0.15) is 0 Å². The van der Waals surface area contributed by atoms with Gasteiger partial charge >= 0.3 is 0 Å². The van der Waals surface area contributed by atoms with Gasteiger partial charge in [0.25, 0.3) is 0 Å². The molecule has 150 valence electrons. The molecule has 0 spiro atoms. The molecule has 2 aromatic heterocycles. The van der Waals surface area contributed by atoms with Crippen LogP contribution < -0.4 is 19.5 Å². The number of aliphatic hydroxyl groups is 1. The third kappa shape index (κ3) is 5.96. The van der Waals surface area contributed by atoms with Crippen molar-refractivity contribution in [3.05, 3.63) is 30.0 Å². The minimum atomic E-state index is -0.0962. The first-order chi connectivity index (χ1) is 12.6. The van der Waals surface area contributed by atoms with Gasteiger partial charge in [-0.3, -0.25) is 4.98 Å². The summed E-state index contributed by atoms with van der Waals surface area (Å²) in [7, 11) is 3.13. The maximum Gasteiger partial charge on any atom is 0.185 e. The Morgan fingerprint density at radius 1 is 1.19 bits per heavy atom. The van der Waals surface area contributed by atoms with Crippen molar-refractivity contribution in [3.8, 4) is 17.2 Å². The maximum atomic E-state index is 9.53. The van der Waals surface area contributed by atoms with E-state index < -0.39 is 0 Å². The minimum absolute atomic E-state index is 0. The Labute approximate surface area is 160 Å². The second kappa shape index (κ2) is 11.2. The average molecular weight is 378 g/mol. The molecule has 0 fully saturated rings. The van der Waals surface area contributed by atoms with E-state index in [9.17, 15) is 5.11 Å². The smallest absolute Gasteiger partial charge is 0.185 e. The van der Waals surface area contributed by atoms with E-state index in [1.54, 1.807) is 39.6 Å². The van der Waals surface area contributed by atoms with Gasteiger partial charge in [-0.15, -0.1) is 0 Å². The molecule has 0 saturated carbocycles. The van der Waals surface area contributed by atoms with Crippen LogP contribution >= 0.6 is 0 Å². The lowest BCUT2D eigenvalue weighted by atomic mass is 10.2. The number of anilines is 1. The first kappa shape index (κ1) is 22.4. The highest BCUT2D eigenvalue weighted by Gasteiger charge is 2.15. The van der Waals surface area contributed by atoms with Crippen molar-refractivity contribution in [3.63, 3.8) is 0 Å². The van der Waals surface area contributed by atoms with E-state index >= 15 is 0 Å². The third-order valence-electron chi connectivity index (χ3n) is 3.80. The van der Waals surface area contributed by atoms with E-state index in [4.69, 9.17) is 14.2 Å². The van der Waals surface area contributed by atoms with Crippen LogP contribution in [0.4, 0.5) is 5.82 Å². The van der Waals surface area contributed by atoms with Crippen LogP contribution in [0.25, 0.3) is 0 Å². The fraction of sp³-hybridized carbons (Fsp3) is 0.526. The van der Waals surface area contributed by atoms with Gasteiger partial charge in [0.05, 0.1) is 33.1 Å². The quantitative estimate of drug-likeness (QED) is 0.651. The number of aliphatic hydroxyl groups excluding tert-OH is 1. The normalized spacial score (nSPS) is 11.3. The summed E-state index contributed by atoms with van der Waals surface area (Å²) in [5.41, 5.74) is 0.602. The first-order valence-corrected chi connectivity index (χ1v) is 8.52. The molecule has 1 atom stereocenters. The Hall–Kier alpha value is -2.61. The van der Waals surface area contributed by atoms with Crippen LogP contribution in [0.5, 0.6) is 17.2 Å². The Bertz CT molecular complexity index is 712. The van der Waals surface area contributed by atoms with Crippen molar-refractivity contribution in [1.29, 1.82) is 0 Å². The number of nitrogens with zero attached hydrogens (tertiary/aromatic N) is 3. The fourth-order valence-electron chi connectivity index (χ4n) is 2.52. The van der Waals surface area contributed by atoms with Gasteiger partial charge in [-0.25, -0.2) is 9.97 Å². The molecular weight excluding hydrogens is 348 g/mol. The van der Waals surface area contributed by atoms with E-state index in [0.29, 0.717) is 34.6 Å². The highest BCUT2D eigenvalue weighted by molar-refractivity contribution is 5.50. The Morgan fingerprint density at radius 2 is 1.96 bits per heavy atom. The van der Waals surface area contributed by atoms with Crippen LogP contribution in [0.1, 0.15) is 38.7 Å². The van der Waals surface area contributed by atoms with E-state index in [0.717, 1.165) is 12.8 Å². The molecular formula is C19H30N4O4. The van der Waals surface area contributed by atoms with Gasteiger partial charge in [0.2, 0.25) is 0 Å². The average Bonchev–Trinajstić information content (AvgIpc) is 2.66. The standard InChI is InChI=1S/C18H26N4O4.CH4/c1-5-6-13(10-23)22-18-16(9-20-12(2)21-18)26-11-14-17(25-4)15(24-3)7-8-19-14;/h7-9,13,23H,5-6,10-11H2,1-4H3,(H,20,21,22);1H4. The summed E-state index contributed by atoms with van der Waals surface area (Å²) in [5.74, 6) is 2.76. The Kier molecular flexibility index (Phi) is 9.29. The van der Waals surface area contributed by atoms with Crippen LogP contribution in [-0.4, -0.2) is 46.9 Å². The molecule has 0 aromatic carbocycles. The lowest BCUT2D eigenvalue weighted by Gasteiger charge is -2.19. The van der Waals surface area contributed by atoms with Crippen molar-refractivity contribution in [2.24, 2.45) is 0 Å². The second-order valence-corrected chi connectivity index (χ2v) is 5.72. The zero-order chi connectivity index (χ0) is 18.9. The number of hydrogen-bond donors (Lipinski definition) is 2. The van der Waals surface area contributed by atoms with Crippen LogP contribution in [0.3, 0.4) is 0 Å². The molecule has 2 heterocycles. The monoisotopic (exact) mass is 378 g/mol. The zero-order valence-electron chi connectivity index (χ0n) is 15.7. The van der Waals surface area contributed by atoms with Crippen molar-refractivity contribution in [1.82, 2.24) is 15.0 Å². The number of methoxy groups -OCH3 is 2. The highest BCUT2D eigenvalue weighted by atomic mass is 16.5. The van der Waals surface area contributed by atoms with Crippen molar-refractivity contribution in [2.75, 3.05) is 26.1 Å². The van der Waals surface area contributed by atoms with E-state index in [1.807, 2.05) is 0 Å². The first-order valence-electron chi connectivity index (χ1n) is 8.52. The molecule has 0 amide bonds. The Balaban J connectivity index is 0.00000364.